The number of hydrogen-bond acceptors (Lipinski definition) is 6. The molecule has 1 N–H and O–H groups in total. The van der Waals surface area contributed by atoms with Crippen LogP contribution in [-0.2, 0) is 6.54 Å². The molecule has 1 aliphatic heterocycles. The second-order valence-electron chi connectivity index (χ2n) is 6.96. The summed E-state index contributed by atoms with van der Waals surface area (Å²) in [7, 11) is 0. The predicted molar refractivity (Wildman–Crippen MR) is 116 cm³/mol. The van der Waals surface area contributed by atoms with Crippen LogP contribution in [0.1, 0.15) is 5.56 Å². The molecule has 0 aliphatic carbocycles. The van der Waals surface area contributed by atoms with E-state index >= 15 is 0 Å². The van der Waals surface area contributed by atoms with Crippen molar-refractivity contribution in [3.63, 3.8) is 0 Å². The van der Waals surface area contributed by atoms with Crippen LogP contribution >= 0.6 is 0 Å². The second kappa shape index (κ2) is 8.60. The van der Waals surface area contributed by atoms with Gasteiger partial charge in [-0.15, -0.1) is 0 Å². The molecule has 0 bridgehead atoms. The van der Waals surface area contributed by atoms with E-state index in [1.165, 1.54) is 0 Å². The van der Waals surface area contributed by atoms with Crippen LogP contribution in [0.5, 0.6) is 0 Å². The van der Waals surface area contributed by atoms with Crippen molar-refractivity contribution in [3.05, 3.63) is 88.6 Å². The standard InChI is InChI=1S/C22H23N5O2/c28-27(29)21-10-9-19(16-20(21)24-17-18-6-2-1-3-7-18)25-12-14-26(15-13-25)22-8-4-5-11-23-22/h1-11,16,24H,12-15,17H2. The monoisotopic (exact) mass is 389 g/mol. The molecule has 0 atom stereocenters. The minimum absolute atomic E-state index is 0.0943. The van der Waals surface area contributed by atoms with Crippen molar-refractivity contribution in [1.82, 2.24) is 4.98 Å². The van der Waals surface area contributed by atoms with Crippen LogP contribution in [0.2, 0.25) is 0 Å². The zero-order valence-electron chi connectivity index (χ0n) is 16.1. The molecule has 7 nitrogen and oxygen atoms in total. The molecule has 148 valence electrons. The van der Waals surface area contributed by atoms with Gasteiger partial charge in [-0.2, -0.15) is 0 Å². The van der Waals surface area contributed by atoms with Gasteiger partial charge >= 0.3 is 0 Å². The van der Waals surface area contributed by atoms with Crippen molar-refractivity contribution >= 4 is 22.9 Å². The number of hydrogen-bond donors (Lipinski definition) is 1. The van der Waals surface area contributed by atoms with Crippen molar-refractivity contribution in [1.29, 1.82) is 0 Å². The summed E-state index contributed by atoms with van der Waals surface area (Å²) in [6.07, 6.45) is 1.81. The zero-order valence-corrected chi connectivity index (χ0v) is 16.1. The number of anilines is 3. The summed E-state index contributed by atoms with van der Waals surface area (Å²) < 4.78 is 0. The maximum atomic E-state index is 11.5. The van der Waals surface area contributed by atoms with E-state index in [0.717, 1.165) is 43.2 Å². The third-order valence-electron chi connectivity index (χ3n) is 5.12. The summed E-state index contributed by atoms with van der Waals surface area (Å²) in [5.74, 6) is 0.987. The molecule has 1 fully saturated rings. The van der Waals surface area contributed by atoms with Crippen LogP contribution in [0.25, 0.3) is 0 Å². The smallest absolute Gasteiger partial charge is 0.292 e. The number of nitrogens with one attached hydrogen (secondary N) is 1. The molecule has 1 aromatic heterocycles. The van der Waals surface area contributed by atoms with Gasteiger partial charge in [0.2, 0.25) is 0 Å². The Hall–Kier alpha value is -3.61. The molecule has 3 aromatic rings. The lowest BCUT2D eigenvalue weighted by atomic mass is 10.1. The van der Waals surface area contributed by atoms with Gasteiger partial charge in [-0.3, -0.25) is 10.1 Å². The van der Waals surface area contributed by atoms with Gasteiger partial charge in [0.1, 0.15) is 11.5 Å². The Morgan fingerprint density at radius 3 is 2.34 bits per heavy atom. The molecule has 0 unspecified atom stereocenters. The molecule has 0 radical (unpaired) electrons. The third kappa shape index (κ3) is 4.45. The van der Waals surface area contributed by atoms with Crippen molar-refractivity contribution in [2.45, 2.75) is 6.54 Å². The average molecular weight is 389 g/mol. The fraction of sp³-hybridized carbons (Fsp3) is 0.227. The molecule has 0 amide bonds. The molecular weight excluding hydrogens is 366 g/mol. The summed E-state index contributed by atoms with van der Waals surface area (Å²) in [4.78, 5) is 20.1. The van der Waals surface area contributed by atoms with Gasteiger partial charge in [-0.25, -0.2) is 4.98 Å². The van der Waals surface area contributed by atoms with Crippen LogP contribution in [0.15, 0.2) is 72.9 Å². The Bertz CT molecular complexity index is 957. The zero-order chi connectivity index (χ0) is 20.1. The minimum atomic E-state index is -0.337. The first-order valence-corrected chi connectivity index (χ1v) is 9.68. The third-order valence-corrected chi connectivity index (χ3v) is 5.12. The van der Waals surface area contributed by atoms with Gasteiger partial charge in [-0.05, 0) is 29.8 Å². The van der Waals surface area contributed by atoms with E-state index in [1.54, 1.807) is 6.07 Å². The Labute approximate surface area is 169 Å². The molecule has 0 saturated carbocycles. The lowest BCUT2D eigenvalue weighted by Gasteiger charge is -2.36. The van der Waals surface area contributed by atoms with E-state index in [1.807, 2.05) is 66.9 Å². The summed E-state index contributed by atoms with van der Waals surface area (Å²) >= 11 is 0. The molecule has 0 spiro atoms. The highest BCUT2D eigenvalue weighted by Crippen LogP contribution is 2.31. The molecule has 29 heavy (non-hydrogen) atoms. The molecule has 2 aromatic carbocycles. The molecular formula is C22H23N5O2. The molecule has 7 heteroatoms. The van der Waals surface area contributed by atoms with Gasteiger partial charge in [0.15, 0.2) is 0 Å². The largest absolute Gasteiger partial charge is 0.375 e. The fourth-order valence-corrected chi connectivity index (χ4v) is 3.55. The fourth-order valence-electron chi connectivity index (χ4n) is 3.55. The van der Waals surface area contributed by atoms with Crippen molar-refractivity contribution in [2.24, 2.45) is 0 Å². The van der Waals surface area contributed by atoms with Crippen LogP contribution < -0.4 is 15.1 Å². The number of nitrogens with zero attached hydrogens (tertiary/aromatic N) is 4. The normalized spacial score (nSPS) is 13.9. The average Bonchev–Trinajstić information content (AvgIpc) is 2.79. The predicted octanol–water partition coefficient (Wildman–Crippen LogP) is 3.93. The van der Waals surface area contributed by atoms with E-state index < -0.39 is 0 Å². The number of rotatable bonds is 6. The highest BCUT2D eigenvalue weighted by Gasteiger charge is 2.21. The van der Waals surface area contributed by atoms with Crippen LogP contribution in [-0.4, -0.2) is 36.1 Å². The SMILES string of the molecule is O=[N+]([O-])c1ccc(N2CCN(c3ccccn3)CC2)cc1NCc1ccccc1. The molecule has 1 aliphatic rings. The number of nitro groups is 1. The minimum Gasteiger partial charge on any atom is -0.375 e. The summed E-state index contributed by atoms with van der Waals surface area (Å²) in [5, 5.41) is 14.7. The van der Waals surface area contributed by atoms with Crippen LogP contribution in [0.3, 0.4) is 0 Å². The van der Waals surface area contributed by atoms with E-state index in [9.17, 15) is 10.1 Å². The maximum absolute atomic E-state index is 11.5. The van der Waals surface area contributed by atoms with Crippen molar-refractivity contribution in [2.75, 3.05) is 41.3 Å². The van der Waals surface area contributed by atoms with E-state index in [2.05, 4.69) is 20.1 Å². The Balaban J connectivity index is 1.47. The van der Waals surface area contributed by atoms with Gasteiger partial charge < -0.3 is 15.1 Å². The summed E-state index contributed by atoms with van der Waals surface area (Å²) in [5.41, 5.74) is 2.71. The molecule has 1 saturated heterocycles. The first-order valence-electron chi connectivity index (χ1n) is 9.68. The van der Waals surface area contributed by atoms with Gasteiger partial charge in [-0.1, -0.05) is 36.4 Å². The number of piperazine rings is 1. The van der Waals surface area contributed by atoms with Crippen molar-refractivity contribution < 1.29 is 4.92 Å². The lowest BCUT2D eigenvalue weighted by molar-refractivity contribution is -0.384. The first kappa shape index (κ1) is 18.7. The Morgan fingerprint density at radius 2 is 1.66 bits per heavy atom. The summed E-state index contributed by atoms with van der Waals surface area (Å²) in [6.45, 7) is 3.94. The van der Waals surface area contributed by atoms with E-state index in [4.69, 9.17) is 0 Å². The van der Waals surface area contributed by atoms with Gasteiger partial charge in [0.25, 0.3) is 5.69 Å². The number of pyridine rings is 1. The molecule has 2 heterocycles. The van der Waals surface area contributed by atoms with E-state index in [0.29, 0.717) is 12.2 Å². The second-order valence-corrected chi connectivity index (χ2v) is 6.96. The van der Waals surface area contributed by atoms with Crippen LogP contribution in [0.4, 0.5) is 22.9 Å². The van der Waals surface area contributed by atoms with Crippen LogP contribution in [0, 0.1) is 10.1 Å². The summed E-state index contributed by atoms with van der Waals surface area (Å²) in [6, 6.07) is 21.1. The topological polar surface area (TPSA) is 74.5 Å². The van der Waals surface area contributed by atoms with Gasteiger partial charge in [0.05, 0.1) is 4.92 Å². The quantitative estimate of drug-likeness (QED) is 0.509. The molecule has 4 rings (SSSR count). The lowest BCUT2D eigenvalue weighted by Crippen LogP contribution is -2.46. The van der Waals surface area contributed by atoms with E-state index in [-0.39, 0.29) is 10.6 Å². The number of benzene rings is 2. The van der Waals surface area contributed by atoms with Gasteiger partial charge in [0, 0.05) is 50.7 Å². The number of aromatic nitrogens is 1. The highest BCUT2D eigenvalue weighted by molar-refractivity contribution is 5.69. The highest BCUT2D eigenvalue weighted by atomic mass is 16.6. The number of nitro benzene ring substituents is 1. The maximum Gasteiger partial charge on any atom is 0.292 e. The first-order chi connectivity index (χ1) is 14.2. The Morgan fingerprint density at radius 1 is 0.931 bits per heavy atom. The van der Waals surface area contributed by atoms with Crippen molar-refractivity contribution in [3.8, 4) is 0 Å². The Kier molecular flexibility index (Phi) is 5.56.